The molecule has 1 aliphatic heterocycles. The van der Waals surface area contributed by atoms with Crippen LogP contribution in [-0.2, 0) is 9.53 Å². The Bertz CT molecular complexity index is 354. The van der Waals surface area contributed by atoms with Crippen molar-refractivity contribution in [3.63, 3.8) is 0 Å². The van der Waals surface area contributed by atoms with Crippen molar-refractivity contribution in [1.82, 2.24) is 4.90 Å². The lowest BCUT2D eigenvalue weighted by molar-refractivity contribution is -0.183. The average Bonchev–Trinajstić information content (AvgIpc) is 2.73. The molecule has 18 heavy (non-hydrogen) atoms. The Morgan fingerprint density at radius 1 is 1.50 bits per heavy atom. The van der Waals surface area contributed by atoms with Gasteiger partial charge in [-0.25, -0.2) is 0 Å². The van der Waals surface area contributed by atoms with Crippen molar-refractivity contribution in [3.05, 3.63) is 0 Å². The Balaban J connectivity index is 2.18. The Labute approximate surface area is 110 Å². The summed E-state index contributed by atoms with van der Waals surface area (Å²) in [4.78, 5) is 14.5. The molecule has 1 heterocycles. The largest absolute Gasteiger partial charge is 0.377 e. The molecular formula is C14H26N2O2. The first-order valence-corrected chi connectivity index (χ1v) is 6.89. The lowest BCUT2D eigenvalue weighted by atomic mass is 9.47. The van der Waals surface area contributed by atoms with Crippen LogP contribution in [0.4, 0.5) is 0 Å². The number of fused-ring (bicyclic) bond motifs is 1. The number of hydrogen-bond donors (Lipinski definition) is 1. The van der Waals surface area contributed by atoms with Crippen LogP contribution < -0.4 is 5.73 Å². The van der Waals surface area contributed by atoms with Gasteiger partial charge in [-0.2, -0.15) is 0 Å². The zero-order chi connectivity index (χ0) is 13.7. The summed E-state index contributed by atoms with van der Waals surface area (Å²) in [6.45, 7) is 9.83. The van der Waals surface area contributed by atoms with Crippen molar-refractivity contribution in [1.29, 1.82) is 0 Å². The van der Waals surface area contributed by atoms with E-state index >= 15 is 0 Å². The summed E-state index contributed by atoms with van der Waals surface area (Å²) < 4.78 is 5.72. The van der Waals surface area contributed by atoms with Gasteiger partial charge in [0, 0.05) is 31.5 Å². The Morgan fingerprint density at radius 3 is 2.67 bits per heavy atom. The van der Waals surface area contributed by atoms with Crippen LogP contribution in [0.15, 0.2) is 0 Å². The molecular weight excluding hydrogens is 228 g/mol. The number of nitrogens with zero attached hydrogens (tertiary/aromatic N) is 1. The van der Waals surface area contributed by atoms with Crippen LogP contribution in [0.2, 0.25) is 0 Å². The molecule has 2 aliphatic rings. The summed E-state index contributed by atoms with van der Waals surface area (Å²) in [6, 6.07) is 0. The van der Waals surface area contributed by atoms with Crippen LogP contribution >= 0.6 is 0 Å². The molecule has 2 N–H and O–H groups in total. The SMILES string of the molecule is CC(C)CN(C)C(=O)C1(N)C2CCOC2C1(C)C. The number of amides is 1. The van der Waals surface area contributed by atoms with Gasteiger partial charge in [0.05, 0.1) is 6.10 Å². The number of ether oxygens (including phenoxy) is 1. The lowest BCUT2D eigenvalue weighted by Crippen LogP contribution is -2.80. The molecule has 3 unspecified atom stereocenters. The first-order chi connectivity index (χ1) is 8.23. The Kier molecular flexibility index (Phi) is 3.23. The molecule has 4 heteroatoms. The number of carbonyl (C=O) groups is 1. The molecule has 3 atom stereocenters. The van der Waals surface area contributed by atoms with E-state index < -0.39 is 5.54 Å². The molecule has 0 bridgehead atoms. The molecule has 0 spiro atoms. The van der Waals surface area contributed by atoms with E-state index in [1.807, 2.05) is 7.05 Å². The van der Waals surface area contributed by atoms with E-state index in [4.69, 9.17) is 10.5 Å². The van der Waals surface area contributed by atoms with Crippen molar-refractivity contribution < 1.29 is 9.53 Å². The molecule has 4 nitrogen and oxygen atoms in total. The van der Waals surface area contributed by atoms with E-state index in [0.29, 0.717) is 5.92 Å². The highest BCUT2D eigenvalue weighted by molar-refractivity contribution is 5.89. The Hall–Kier alpha value is -0.610. The van der Waals surface area contributed by atoms with Crippen LogP contribution in [0.5, 0.6) is 0 Å². The second-order valence-corrected chi connectivity index (χ2v) is 6.86. The second kappa shape index (κ2) is 4.20. The molecule has 0 aromatic carbocycles. The van der Waals surface area contributed by atoms with E-state index in [1.165, 1.54) is 0 Å². The summed E-state index contributed by atoms with van der Waals surface area (Å²) in [7, 11) is 1.86. The number of nitrogens with two attached hydrogens (primary N) is 1. The molecule has 1 aliphatic carbocycles. The number of rotatable bonds is 3. The maximum absolute atomic E-state index is 12.7. The van der Waals surface area contributed by atoms with Gasteiger partial charge in [-0.15, -0.1) is 0 Å². The van der Waals surface area contributed by atoms with Crippen molar-refractivity contribution in [3.8, 4) is 0 Å². The maximum Gasteiger partial charge on any atom is 0.243 e. The Morgan fingerprint density at radius 2 is 2.11 bits per heavy atom. The second-order valence-electron chi connectivity index (χ2n) is 6.86. The molecule has 0 aromatic heterocycles. The first kappa shape index (κ1) is 13.8. The van der Waals surface area contributed by atoms with Crippen molar-refractivity contribution >= 4 is 5.91 Å². The first-order valence-electron chi connectivity index (χ1n) is 6.89. The predicted molar refractivity (Wildman–Crippen MR) is 71.0 cm³/mol. The van der Waals surface area contributed by atoms with Gasteiger partial charge >= 0.3 is 0 Å². The fraction of sp³-hybridized carbons (Fsp3) is 0.929. The highest BCUT2D eigenvalue weighted by Gasteiger charge is 2.71. The summed E-state index contributed by atoms with van der Waals surface area (Å²) in [6.07, 6.45) is 1.06. The monoisotopic (exact) mass is 254 g/mol. The topological polar surface area (TPSA) is 55.6 Å². The number of carbonyl (C=O) groups excluding carboxylic acids is 1. The fourth-order valence-corrected chi connectivity index (χ4v) is 3.76. The van der Waals surface area contributed by atoms with E-state index in [1.54, 1.807) is 4.90 Å². The molecule has 2 fully saturated rings. The van der Waals surface area contributed by atoms with E-state index in [-0.39, 0.29) is 23.3 Å². The number of likely N-dealkylation sites (N-methyl/N-ethyl adjacent to an activating group) is 1. The third-order valence-electron chi connectivity index (χ3n) is 4.79. The summed E-state index contributed by atoms with van der Waals surface area (Å²) in [5.74, 6) is 0.726. The summed E-state index contributed by atoms with van der Waals surface area (Å²) in [5, 5.41) is 0. The van der Waals surface area contributed by atoms with Crippen molar-refractivity contribution in [2.24, 2.45) is 23.0 Å². The van der Waals surface area contributed by atoms with Crippen molar-refractivity contribution in [2.75, 3.05) is 20.2 Å². The van der Waals surface area contributed by atoms with Crippen LogP contribution in [-0.4, -0.2) is 42.6 Å². The smallest absolute Gasteiger partial charge is 0.243 e. The number of hydrogen-bond acceptors (Lipinski definition) is 3. The van der Waals surface area contributed by atoms with Gasteiger partial charge in [-0.1, -0.05) is 27.7 Å². The highest BCUT2D eigenvalue weighted by Crippen LogP contribution is 2.58. The van der Waals surface area contributed by atoms with E-state index in [0.717, 1.165) is 19.6 Å². The quantitative estimate of drug-likeness (QED) is 0.824. The zero-order valence-corrected chi connectivity index (χ0v) is 12.2. The third kappa shape index (κ3) is 1.62. The van der Waals surface area contributed by atoms with Crippen LogP contribution in [0.25, 0.3) is 0 Å². The van der Waals surface area contributed by atoms with Gasteiger partial charge < -0.3 is 15.4 Å². The van der Waals surface area contributed by atoms with Gasteiger partial charge in [0.2, 0.25) is 5.91 Å². The average molecular weight is 254 g/mol. The summed E-state index contributed by atoms with van der Waals surface area (Å²) >= 11 is 0. The van der Waals surface area contributed by atoms with Crippen molar-refractivity contribution in [2.45, 2.75) is 45.8 Å². The third-order valence-corrected chi connectivity index (χ3v) is 4.79. The molecule has 1 amide bonds. The molecule has 104 valence electrons. The van der Waals surface area contributed by atoms with Gasteiger partial charge in [-0.05, 0) is 12.3 Å². The van der Waals surface area contributed by atoms with Gasteiger partial charge in [0.15, 0.2) is 0 Å². The lowest BCUT2D eigenvalue weighted by Gasteiger charge is -2.61. The van der Waals surface area contributed by atoms with Gasteiger partial charge in [0.1, 0.15) is 5.54 Å². The highest BCUT2D eigenvalue weighted by atomic mass is 16.5. The van der Waals surface area contributed by atoms with Crippen LogP contribution in [0, 0.1) is 17.3 Å². The predicted octanol–water partition coefficient (Wildman–Crippen LogP) is 1.24. The van der Waals surface area contributed by atoms with Crippen LogP contribution in [0.3, 0.4) is 0 Å². The molecule has 0 aromatic rings. The molecule has 2 rings (SSSR count). The maximum atomic E-state index is 12.7. The van der Waals surface area contributed by atoms with E-state index in [2.05, 4.69) is 27.7 Å². The summed E-state index contributed by atoms with van der Waals surface area (Å²) in [5.41, 5.74) is 5.50. The van der Waals surface area contributed by atoms with Crippen LogP contribution in [0.1, 0.15) is 34.1 Å². The van der Waals surface area contributed by atoms with Gasteiger partial charge in [-0.3, -0.25) is 4.79 Å². The molecule has 0 radical (unpaired) electrons. The normalized spacial score (nSPS) is 37.3. The minimum absolute atomic E-state index is 0.0768. The molecule has 1 saturated carbocycles. The zero-order valence-electron chi connectivity index (χ0n) is 12.2. The minimum Gasteiger partial charge on any atom is -0.377 e. The minimum atomic E-state index is -0.752. The van der Waals surface area contributed by atoms with Gasteiger partial charge in [0.25, 0.3) is 0 Å². The standard InChI is InChI=1S/C14H26N2O2/c1-9(2)8-16(5)12(17)14(15)10-6-7-18-11(10)13(14,3)4/h9-11H,6-8,15H2,1-5H3. The molecule has 1 saturated heterocycles. The van der Waals surface area contributed by atoms with E-state index in [9.17, 15) is 4.79 Å². The fourth-order valence-electron chi connectivity index (χ4n) is 3.76.